The van der Waals surface area contributed by atoms with Crippen molar-refractivity contribution < 1.29 is 19.2 Å². The summed E-state index contributed by atoms with van der Waals surface area (Å²) in [5.41, 5.74) is 0.308. The van der Waals surface area contributed by atoms with E-state index >= 15 is 0 Å². The van der Waals surface area contributed by atoms with Gasteiger partial charge in [-0.15, -0.1) is 0 Å². The predicted octanol–water partition coefficient (Wildman–Crippen LogP) is 3.18. The second-order valence-corrected chi connectivity index (χ2v) is 6.93. The summed E-state index contributed by atoms with van der Waals surface area (Å²) in [6.07, 6.45) is 6.25. The lowest BCUT2D eigenvalue weighted by Crippen LogP contribution is -2.61. The molecule has 1 fully saturated rings. The second-order valence-electron chi connectivity index (χ2n) is 6.93. The molecule has 1 aliphatic heterocycles. The van der Waals surface area contributed by atoms with Crippen molar-refractivity contribution in [3.05, 3.63) is 64.2 Å². The van der Waals surface area contributed by atoms with Crippen LogP contribution in [0.5, 0.6) is 0 Å². The maximum Gasteiger partial charge on any atom is 0.269 e. The predicted molar refractivity (Wildman–Crippen MR) is 101 cm³/mol. The number of allylic oxidation sites excluding steroid dienone is 2. The third-order valence-corrected chi connectivity index (χ3v) is 4.33. The molecule has 27 heavy (non-hydrogen) atoms. The Bertz CT molecular complexity index is 764. The van der Waals surface area contributed by atoms with Crippen molar-refractivity contribution in [2.24, 2.45) is 5.92 Å². The zero-order valence-electron chi connectivity index (χ0n) is 15.9. The van der Waals surface area contributed by atoms with E-state index in [2.05, 4.69) is 0 Å². The molecule has 0 aromatic heterocycles. The smallest absolute Gasteiger partial charge is 0.269 e. The van der Waals surface area contributed by atoms with Crippen molar-refractivity contribution in [1.82, 2.24) is 4.90 Å². The molecular weight excluding hydrogens is 348 g/mol. The fraction of sp³-hybridized carbons (Fsp3) is 0.400. The Morgan fingerprint density at radius 2 is 1.74 bits per heavy atom. The lowest BCUT2D eigenvalue weighted by Gasteiger charge is -2.47. The molecule has 1 spiro atoms. The number of ketones is 1. The van der Waals surface area contributed by atoms with Crippen LogP contribution in [-0.2, 0) is 14.3 Å². The quantitative estimate of drug-likeness (QED) is 0.587. The van der Waals surface area contributed by atoms with Crippen LogP contribution >= 0.6 is 0 Å². The van der Waals surface area contributed by atoms with Gasteiger partial charge < -0.3 is 9.64 Å². The summed E-state index contributed by atoms with van der Waals surface area (Å²) in [6.45, 7) is 8.01. The Hall–Kier alpha value is -2.80. The van der Waals surface area contributed by atoms with Crippen LogP contribution < -0.4 is 0 Å². The normalized spacial score (nSPS) is 20.6. The van der Waals surface area contributed by atoms with Crippen molar-refractivity contribution >= 4 is 17.4 Å². The minimum Gasteiger partial charge on any atom is -0.347 e. The summed E-state index contributed by atoms with van der Waals surface area (Å²) in [5.74, 6) is -0.147. The van der Waals surface area contributed by atoms with Crippen LogP contribution in [-0.4, -0.2) is 39.9 Å². The summed E-state index contributed by atoms with van der Waals surface area (Å²) >= 11 is 0. The molecule has 1 aliphatic carbocycles. The molecule has 1 aromatic carbocycles. The first-order valence-electron chi connectivity index (χ1n) is 8.77. The molecule has 0 radical (unpaired) electrons. The highest BCUT2D eigenvalue weighted by Gasteiger charge is 2.45. The molecule has 7 nitrogen and oxygen atoms in total. The van der Waals surface area contributed by atoms with E-state index < -0.39 is 10.6 Å². The maximum absolute atomic E-state index is 12.2. The highest BCUT2D eigenvalue weighted by atomic mass is 16.6. The molecule has 0 saturated carbocycles. The van der Waals surface area contributed by atoms with Gasteiger partial charge in [0.05, 0.1) is 17.4 Å². The van der Waals surface area contributed by atoms with E-state index in [-0.39, 0.29) is 29.3 Å². The number of carbonyl (C=O) groups is 2. The molecular formula is C20H24N2O5. The van der Waals surface area contributed by atoms with Gasteiger partial charge in [-0.2, -0.15) is 0 Å². The molecule has 1 saturated heterocycles. The summed E-state index contributed by atoms with van der Waals surface area (Å²) in [7, 11) is 0. The second kappa shape index (κ2) is 8.26. The van der Waals surface area contributed by atoms with Gasteiger partial charge >= 0.3 is 0 Å². The minimum atomic E-state index is -0.869. The number of nitro groups is 1. The number of rotatable bonds is 2. The number of carbonyl (C=O) groups excluding carboxylic acids is 2. The number of hydrogen-bond donors (Lipinski definition) is 0. The topological polar surface area (TPSA) is 89.8 Å². The van der Waals surface area contributed by atoms with Crippen LogP contribution in [0.25, 0.3) is 0 Å². The maximum atomic E-state index is 12.2. The molecule has 0 bridgehead atoms. The van der Waals surface area contributed by atoms with Gasteiger partial charge in [-0.1, -0.05) is 24.6 Å². The van der Waals surface area contributed by atoms with Crippen molar-refractivity contribution in [1.29, 1.82) is 0 Å². The molecule has 1 amide bonds. The monoisotopic (exact) mass is 372 g/mol. The van der Waals surface area contributed by atoms with Gasteiger partial charge in [-0.3, -0.25) is 19.7 Å². The van der Waals surface area contributed by atoms with Crippen molar-refractivity contribution in [2.75, 3.05) is 6.61 Å². The van der Waals surface area contributed by atoms with Crippen molar-refractivity contribution in [3.8, 4) is 0 Å². The Labute approximate surface area is 158 Å². The van der Waals surface area contributed by atoms with E-state index in [1.165, 1.54) is 24.3 Å². The van der Waals surface area contributed by atoms with E-state index in [4.69, 9.17) is 4.74 Å². The number of hydrogen-bond acceptors (Lipinski definition) is 5. The highest BCUT2D eigenvalue weighted by molar-refractivity contribution is 6.01. The first-order valence-corrected chi connectivity index (χ1v) is 8.77. The van der Waals surface area contributed by atoms with Gasteiger partial charge in [0.15, 0.2) is 11.5 Å². The third-order valence-electron chi connectivity index (χ3n) is 4.33. The molecule has 3 rings (SSSR count). The van der Waals surface area contributed by atoms with E-state index in [1.54, 1.807) is 29.2 Å². The number of ether oxygens (including phenoxy) is 1. The summed E-state index contributed by atoms with van der Waals surface area (Å²) < 4.78 is 5.79. The number of nitrogens with zero attached hydrogens (tertiary/aromatic N) is 2. The first kappa shape index (κ1) is 20.5. The van der Waals surface area contributed by atoms with Crippen molar-refractivity contribution in [2.45, 2.75) is 39.5 Å². The average Bonchev–Trinajstić information content (AvgIpc) is 2.62. The van der Waals surface area contributed by atoms with Crippen LogP contribution in [0.2, 0.25) is 0 Å². The zero-order chi connectivity index (χ0) is 20.2. The van der Waals surface area contributed by atoms with E-state index in [9.17, 15) is 19.7 Å². The molecule has 1 aromatic rings. The fourth-order valence-electron chi connectivity index (χ4n) is 2.90. The number of nitro benzene ring substituents is 1. The lowest BCUT2D eigenvalue weighted by molar-refractivity contribution is -0.384. The first-order chi connectivity index (χ1) is 12.7. The summed E-state index contributed by atoms with van der Waals surface area (Å²) in [5, 5.41) is 10.1. The Morgan fingerprint density at radius 1 is 1.19 bits per heavy atom. The lowest BCUT2D eigenvalue weighted by atomic mass is 9.97. The molecule has 1 atom stereocenters. The Balaban J connectivity index is 0.000000223. The van der Waals surface area contributed by atoms with Crippen LogP contribution in [0, 0.1) is 23.0 Å². The van der Waals surface area contributed by atoms with Gasteiger partial charge in [0.2, 0.25) is 5.91 Å². The number of amides is 1. The molecule has 0 N–H and O–H groups in total. The average molecular weight is 372 g/mol. The van der Waals surface area contributed by atoms with Crippen molar-refractivity contribution in [3.63, 3.8) is 0 Å². The third kappa shape index (κ3) is 4.68. The van der Waals surface area contributed by atoms with Crippen LogP contribution in [0.1, 0.15) is 26.3 Å². The number of benzene rings is 1. The van der Waals surface area contributed by atoms with Gasteiger partial charge in [0.25, 0.3) is 5.69 Å². The minimum absolute atomic E-state index is 0.0211. The Kier molecular flexibility index (Phi) is 6.28. The SMILES string of the molecule is CC1COC2(C=CC(=O)C=C2)N(C(C)C)C1=O.Cc1ccc([N+](=O)[O-])cc1. The summed E-state index contributed by atoms with van der Waals surface area (Å²) in [6, 6.07) is 6.45. The van der Waals surface area contributed by atoms with E-state index in [1.807, 2.05) is 27.7 Å². The van der Waals surface area contributed by atoms with Gasteiger partial charge in [0, 0.05) is 18.2 Å². The largest absolute Gasteiger partial charge is 0.347 e. The molecule has 7 heteroatoms. The summed E-state index contributed by atoms with van der Waals surface area (Å²) in [4.78, 5) is 34.8. The molecule has 1 heterocycles. The molecule has 1 unspecified atom stereocenters. The van der Waals surface area contributed by atoms with E-state index in [0.29, 0.717) is 6.61 Å². The highest BCUT2D eigenvalue weighted by Crippen LogP contribution is 2.32. The zero-order valence-corrected chi connectivity index (χ0v) is 15.9. The van der Waals surface area contributed by atoms with Crippen LogP contribution in [0.15, 0.2) is 48.6 Å². The molecule has 144 valence electrons. The Morgan fingerprint density at radius 3 is 2.22 bits per heavy atom. The fourth-order valence-corrected chi connectivity index (χ4v) is 2.90. The number of non-ortho nitro benzene ring substituents is 1. The van der Waals surface area contributed by atoms with Gasteiger partial charge in [-0.25, -0.2) is 0 Å². The van der Waals surface area contributed by atoms with Crippen LogP contribution in [0.3, 0.4) is 0 Å². The van der Waals surface area contributed by atoms with Gasteiger partial charge in [-0.05, 0) is 45.1 Å². The van der Waals surface area contributed by atoms with Crippen LogP contribution in [0.4, 0.5) is 5.69 Å². The van der Waals surface area contributed by atoms with E-state index in [0.717, 1.165) is 5.56 Å². The standard InChI is InChI=1S/C13H17NO3.C7H7NO2/c1-9(2)14-12(16)10(3)8-17-13(14)6-4-11(15)5-7-13;1-6-2-4-7(5-3-6)8(9)10/h4-7,9-10H,8H2,1-3H3;2-5H,1H3. The molecule has 2 aliphatic rings. The number of aryl methyl sites for hydroxylation is 1. The van der Waals surface area contributed by atoms with Gasteiger partial charge in [0.1, 0.15) is 0 Å².